The van der Waals surface area contributed by atoms with Crippen LogP contribution in [-0.2, 0) is 6.54 Å². The second kappa shape index (κ2) is 9.64. The number of nitrogens with zero attached hydrogens (tertiary/aromatic N) is 5. The molecule has 9 heteroatoms. The zero-order valence-corrected chi connectivity index (χ0v) is 21.2. The van der Waals surface area contributed by atoms with E-state index in [1.807, 2.05) is 44.2 Å². The van der Waals surface area contributed by atoms with Gasteiger partial charge in [-0.15, -0.1) is 0 Å². The molecule has 1 aliphatic heterocycles. The molecule has 9 nitrogen and oxygen atoms in total. The summed E-state index contributed by atoms with van der Waals surface area (Å²) in [5.41, 5.74) is 1.97. The van der Waals surface area contributed by atoms with Gasteiger partial charge in [-0.1, -0.05) is 19.1 Å². The first-order chi connectivity index (χ1) is 17.5. The topological polar surface area (TPSA) is 91.5 Å². The molecule has 2 aromatic heterocycles. The van der Waals surface area contributed by atoms with E-state index in [-0.39, 0.29) is 17.3 Å². The van der Waals surface area contributed by atoms with Crippen molar-refractivity contribution in [2.24, 2.45) is 0 Å². The summed E-state index contributed by atoms with van der Waals surface area (Å²) in [5.74, 6) is 2.04. The Morgan fingerprint density at radius 2 is 1.75 bits per heavy atom. The number of hydrogen-bond donors (Lipinski definition) is 0. The maximum Gasteiger partial charge on any atom is 0.331 e. The second-order valence-corrected chi connectivity index (χ2v) is 9.22. The molecule has 1 fully saturated rings. The van der Waals surface area contributed by atoms with E-state index in [0.29, 0.717) is 49.4 Å². The van der Waals surface area contributed by atoms with Gasteiger partial charge in [-0.25, -0.2) is 14.8 Å². The molecule has 0 bridgehead atoms. The number of ether oxygens (including phenoxy) is 2. The number of benzene rings is 2. The molecular formula is C27H31N5O4. The van der Waals surface area contributed by atoms with Gasteiger partial charge in [-0.3, -0.25) is 13.9 Å². The molecule has 0 spiro atoms. The minimum atomic E-state index is -0.220. The third-order valence-electron chi connectivity index (χ3n) is 7.11. The molecule has 0 radical (unpaired) electrons. The third-order valence-corrected chi connectivity index (χ3v) is 7.11. The van der Waals surface area contributed by atoms with Gasteiger partial charge in [-0.2, -0.15) is 0 Å². The summed E-state index contributed by atoms with van der Waals surface area (Å²) >= 11 is 0. The fourth-order valence-electron chi connectivity index (χ4n) is 5.31. The van der Waals surface area contributed by atoms with Gasteiger partial charge in [0.25, 0.3) is 5.56 Å². The van der Waals surface area contributed by atoms with Crippen molar-refractivity contribution in [1.82, 2.24) is 19.1 Å². The van der Waals surface area contributed by atoms with E-state index in [4.69, 9.17) is 9.47 Å². The molecule has 2 aromatic carbocycles. The summed E-state index contributed by atoms with van der Waals surface area (Å²) in [6.07, 6.45) is 3.69. The fourth-order valence-corrected chi connectivity index (χ4v) is 5.31. The number of piperidine rings is 1. The number of rotatable bonds is 6. The van der Waals surface area contributed by atoms with Crippen molar-refractivity contribution < 1.29 is 9.47 Å². The van der Waals surface area contributed by atoms with Crippen LogP contribution in [0.3, 0.4) is 0 Å². The van der Waals surface area contributed by atoms with Crippen LogP contribution in [0.4, 0.5) is 5.82 Å². The maximum absolute atomic E-state index is 13.6. The van der Waals surface area contributed by atoms with Crippen molar-refractivity contribution >= 4 is 27.6 Å². The Hall–Kier alpha value is -3.88. The molecule has 0 aliphatic carbocycles. The normalized spacial score (nSPS) is 14.5. The van der Waals surface area contributed by atoms with Crippen molar-refractivity contribution in [1.29, 1.82) is 0 Å². The first-order valence-electron chi connectivity index (χ1n) is 12.3. The molecule has 3 heterocycles. The summed E-state index contributed by atoms with van der Waals surface area (Å²) < 4.78 is 14.2. The Morgan fingerprint density at radius 3 is 2.44 bits per heavy atom. The lowest BCUT2D eigenvalue weighted by Gasteiger charge is -2.34. The number of hydrogen-bond acceptors (Lipinski definition) is 7. The van der Waals surface area contributed by atoms with Gasteiger partial charge in [0.05, 0.1) is 30.6 Å². The van der Waals surface area contributed by atoms with Gasteiger partial charge in [-0.05, 0) is 43.9 Å². The van der Waals surface area contributed by atoms with Crippen molar-refractivity contribution in [2.45, 2.75) is 45.7 Å². The highest BCUT2D eigenvalue weighted by Gasteiger charge is 2.27. The van der Waals surface area contributed by atoms with Crippen LogP contribution < -0.4 is 25.6 Å². The first-order valence-corrected chi connectivity index (χ1v) is 12.3. The monoisotopic (exact) mass is 489 g/mol. The molecule has 0 atom stereocenters. The molecular weight excluding hydrogens is 458 g/mol. The number of anilines is 1. The lowest BCUT2D eigenvalue weighted by Crippen LogP contribution is -2.46. The van der Waals surface area contributed by atoms with E-state index < -0.39 is 0 Å². The lowest BCUT2D eigenvalue weighted by molar-refractivity contribution is 0.355. The Morgan fingerprint density at radius 1 is 1.03 bits per heavy atom. The predicted molar refractivity (Wildman–Crippen MR) is 141 cm³/mol. The Balaban J connectivity index is 1.51. The van der Waals surface area contributed by atoms with Crippen LogP contribution in [0.25, 0.3) is 21.8 Å². The minimum Gasteiger partial charge on any atom is -0.493 e. The van der Waals surface area contributed by atoms with E-state index in [1.54, 1.807) is 25.1 Å². The van der Waals surface area contributed by atoms with Crippen LogP contribution in [0.15, 0.2) is 46.2 Å². The number of aromatic nitrogens is 4. The van der Waals surface area contributed by atoms with Crippen molar-refractivity contribution in [3.05, 3.63) is 63.1 Å². The highest BCUT2D eigenvalue weighted by Crippen LogP contribution is 2.36. The summed E-state index contributed by atoms with van der Waals surface area (Å²) in [5, 5.41) is 1.51. The van der Waals surface area contributed by atoms with Crippen LogP contribution in [-0.4, -0.2) is 46.4 Å². The zero-order valence-electron chi connectivity index (χ0n) is 21.2. The summed E-state index contributed by atoms with van der Waals surface area (Å²) in [4.78, 5) is 38.3. The van der Waals surface area contributed by atoms with Gasteiger partial charge < -0.3 is 14.4 Å². The zero-order chi connectivity index (χ0) is 25.4. The van der Waals surface area contributed by atoms with Crippen molar-refractivity contribution in [3.63, 3.8) is 0 Å². The molecule has 36 heavy (non-hydrogen) atoms. The molecule has 0 N–H and O–H groups in total. The molecule has 5 rings (SSSR count). The molecule has 188 valence electrons. The Labute approximate surface area is 208 Å². The van der Waals surface area contributed by atoms with E-state index in [0.717, 1.165) is 34.2 Å². The smallest absolute Gasteiger partial charge is 0.331 e. The molecule has 0 unspecified atom stereocenters. The van der Waals surface area contributed by atoms with E-state index in [9.17, 15) is 9.59 Å². The highest BCUT2D eigenvalue weighted by atomic mass is 16.5. The third kappa shape index (κ3) is 3.88. The van der Waals surface area contributed by atoms with Crippen LogP contribution in [0.2, 0.25) is 0 Å². The second-order valence-electron chi connectivity index (χ2n) is 9.22. The van der Waals surface area contributed by atoms with E-state index in [1.165, 1.54) is 4.57 Å². The van der Waals surface area contributed by atoms with Crippen LogP contribution >= 0.6 is 0 Å². The standard InChI is InChI=1S/C27H31N5O4/c1-5-11-31-21-8-6-7-17(2)24(21)26(33)32(27(31)34)18-9-12-30(13-10-18)25-19-14-22(35-3)23(36-4)15-20(19)28-16-29-25/h6-8,14-16,18H,5,9-13H2,1-4H3. The molecule has 0 amide bonds. The lowest BCUT2D eigenvalue weighted by atomic mass is 10.0. The van der Waals surface area contributed by atoms with Gasteiger partial charge in [0.15, 0.2) is 11.5 Å². The van der Waals surface area contributed by atoms with Crippen LogP contribution in [0.1, 0.15) is 37.8 Å². The average molecular weight is 490 g/mol. The fraction of sp³-hybridized carbons (Fsp3) is 0.407. The summed E-state index contributed by atoms with van der Waals surface area (Å²) in [6, 6.07) is 9.28. The maximum atomic E-state index is 13.6. The first kappa shape index (κ1) is 23.8. The van der Waals surface area contributed by atoms with Gasteiger partial charge in [0, 0.05) is 37.1 Å². The number of fused-ring (bicyclic) bond motifs is 2. The predicted octanol–water partition coefficient (Wildman–Crippen LogP) is 3.68. The molecule has 1 aliphatic rings. The highest BCUT2D eigenvalue weighted by molar-refractivity contribution is 5.92. The quantitative estimate of drug-likeness (QED) is 0.408. The van der Waals surface area contributed by atoms with Crippen LogP contribution in [0.5, 0.6) is 11.5 Å². The molecule has 0 saturated carbocycles. The van der Waals surface area contributed by atoms with Gasteiger partial charge in [0.1, 0.15) is 12.1 Å². The molecule has 4 aromatic rings. The summed E-state index contributed by atoms with van der Waals surface area (Å²) in [6.45, 7) is 5.88. The largest absolute Gasteiger partial charge is 0.493 e. The SMILES string of the molecule is CCCn1c(=O)n(C2CCN(c3ncnc4cc(OC)c(OC)cc34)CC2)c(=O)c2c(C)cccc21. The van der Waals surface area contributed by atoms with E-state index in [2.05, 4.69) is 14.9 Å². The Bertz CT molecular complexity index is 1550. The number of aryl methyl sites for hydroxylation is 2. The number of methoxy groups -OCH3 is 2. The summed E-state index contributed by atoms with van der Waals surface area (Å²) in [7, 11) is 3.20. The minimum absolute atomic E-state index is 0.170. The Kier molecular flexibility index (Phi) is 6.38. The van der Waals surface area contributed by atoms with Crippen molar-refractivity contribution in [3.8, 4) is 11.5 Å². The average Bonchev–Trinajstić information content (AvgIpc) is 2.90. The molecule has 1 saturated heterocycles. The van der Waals surface area contributed by atoms with Crippen molar-refractivity contribution in [2.75, 3.05) is 32.2 Å². The van der Waals surface area contributed by atoms with Gasteiger partial charge in [0.2, 0.25) is 0 Å². The van der Waals surface area contributed by atoms with Gasteiger partial charge >= 0.3 is 5.69 Å². The van der Waals surface area contributed by atoms with E-state index >= 15 is 0 Å². The van der Waals surface area contributed by atoms with Crippen LogP contribution in [0, 0.1) is 6.92 Å².